The highest BCUT2D eigenvalue weighted by Gasteiger charge is 2.42. The van der Waals surface area contributed by atoms with Crippen LogP contribution in [0.2, 0.25) is 0 Å². The molecule has 4 atom stereocenters. The molecule has 5 amide bonds. The minimum Gasteiger partial charge on any atom is -0.444 e. The van der Waals surface area contributed by atoms with Crippen molar-refractivity contribution >= 4 is 75.3 Å². The first kappa shape index (κ1) is 57.0. The van der Waals surface area contributed by atoms with E-state index in [0.29, 0.717) is 96.3 Å². The molecular weight excluding hydrogens is 1060 g/mol. The Kier molecular flexibility index (Phi) is 16.6. The number of morpholine rings is 1. The molecule has 2 saturated carbocycles. The van der Waals surface area contributed by atoms with Gasteiger partial charge in [-0.1, -0.05) is 25.7 Å². The maximum atomic E-state index is 13.6. The molecule has 10 heterocycles. The van der Waals surface area contributed by atoms with Crippen molar-refractivity contribution in [2.75, 3.05) is 91.4 Å². The monoisotopic (exact) mass is 1140 g/mol. The van der Waals surface area contributed by atoms with E-state index < -0.39 is 5.60 Å². The first-order valence-electron chi connectivity index (χ1n) is 29.4. The minimum absolute atomic E-state index is 0.0155. The van der Waals surface area contributed by atoms with E-state index >= 15 is 0 Å². The van der Waals surface area contributed by atoms with E-state index in [9.17, 15) is 24.0 Å². The lowest BCUT2D eigenvalue weighted by atomic mass is 9.93. The summed E-state index contributed by atoms with van der Waals surface area (Å²) in [6, 6.07) is 10.8. The van der Waals surface area contributed by atoms with Crippen LogP contribution in [0.15, 0.2) is 61.2 Å². The van der Waals surface area contributed by atoms with Crippen LogP contribution < -0.4 is 10.6 Å². The van der Waals surface area contributed by atoms with Crippen molar-refractivity contribution in [3.05, 3.63) is 83.7 Å². The molecule has 2 N–H and O–H groups in total. The van der Waals surface area contributed by atoms with E-state index in [1.54, 1.807) is 90.6 Å². The van der Waals surface area contributed by atoms with Crippen molar-refractivity contribution in [1.82, 2.24) is 63.5 Å². The predicted molar refractivity (Wildman–Crippen MR) is 311 cm³/mol. The van der Waals surface area contributed by atoms with Crippen molar-refractivity contribution in [2.45, 2.75) is 121 Å². The van der Waals surface area contributed by atoms with Gasteiger partial charge in [-0.15, -0.1) is 0 Å². The number of hydrogen-bond donors (Lipinski definition) is 2. The maximum absolute atomic E-state index is 13.6. The highest BCUT2D eigenvalue weighted by atomic mass is 16.6. The molecule has 23 nitrogen and oxygen atoms in total. The Labute approximate surface area is 483 Å². The summed E-state index contributed by atoms with van der Waals surface area (Å²) in [7, 11) is 7.04. The first-order valence-corrected chi connectivity index (χ1v) is 29.4. The zero-order valence-electron chi connectivity index (χ0n) is 48.8. The van der Waals surface area contributed by atoms with Gasteiger partial charge in [-0.05, 0) is 108 Å². The number of amides is 5. The topological polar surface area (TPSA) is 240 Å². The molecule has 0 aromatic carbocycles. The van der Waals surface area contributed by atoms with E-state index in [1.807, 2.05) is 37.8 Å². The minimum atomic E-state index is -0.610. The van der Waals surface area contributed by atoms with Crippen LogP contribution in [0.3, 0.4) is 0 Å². The molecule has 4 bridgehead atoms. The Hall–Kier alpha value is -7.79. The number of hydrogen-bond acceptors (Lipinski definition) is 16. The van der Waals surface area contributed by atoms with Crippen LogP contribution in [0, 0.1) is 11.8 Å². The van der Waals surface area contributed by atoms with Crippen LogP contribution in [0.4, 0.5) is 28.3 Å². The van der Waals surface area contributed by atoms with Crippen LogP contribution in [-0.4, -0.2) is 192 Å². The van der Waals surface area contributed by atoms with Gasteiger partial charge in [0.15, 0.2) is 0 Å². The highest BCUT2D eigenvalue weighted by Crippen LogP contribution is 2.37. The summed E-state index contributed by atoms with van der Waals surface area (Å²) >= 11 is 0. The first-order chi connectivity index (χ1) is 39.9. The lowest BCUT2D eigenvalue weighted by Crippen LogP contribution is -2.57. The van der Waals surface area contributed by atoms with Crippen LogP contribution in [0.1, 0.15) is 145 Å². The molecule has 23 heteroatoms. The molecule has 0 spiro atoms. The lowest BCUT2D eigenvalue weighted by Gasteiger charge is -2.40. The number of carbonyl (C=O) groups excluding carboxylic acids is 5. The van der Waals surface area contributed by atoms with E-state index in [0.717, 1.165) is 107 Å². The number of anilines is 4. The summed E-state index contributed by atoms with van der Waals surface area (Å²) in [5, 5.41) is 7.98. The summed E-state index contributed by atoms with van der Waals surface area (Å²) in [4.78, 5) is 102. The number of likely N-dealkylation sites (tertiary alicyclic amines) is 1. The fourth-order valence-corrected chi connectivity index (χ4v) is 12.6. The largest absolute Gasteiger partial charge is 0.444 e. The Morgan fingerprint density at radius 2 is 1.05 bits per heavy atom. The van der Waals surface area contributed by atoms with Gasteiger partial charge in [-0.3, -0.25) is 24.1 Å². The average molecular weight is 1140 g/mol. The van der Waals surface area contributed by atoms with Crippen molar-refractivity contribution in [1.29, 1.82) is 0 Å². The summed E-state index contributed by atoms with van der Waals surface area (Å²) < 4.78 is 21.3. The van der Waals surface area contributed by atoms with Gasteiger partial charge in [0.05, 0.1) is 43.0 Å². The van der Waals surface area contributed by atoms with Gasteiger partial charge in [0, 0.05) is 115 Å². The highest BCUT2D eigenvalue weighted by molar-refractivity contribution is 5.99. The van der Waals surface area contributed by atoms with Gasteiger partial charge >= 0.3 is 6.09 Å². The maximum Gasteiger partial charge on any atom is 0.411 e. The number of nitrogens with zero attached hydrogens (tertiary/aromatic N) is 13. The molecule has 6 aliphatic rings. The third-order valence-electron chi connectivity index (χ3n) is 16.7. The number of rotatable bonds is 10. The van der Waals surface area contributed by atoms with Crippen molar-refractivity contribution in [3.63, 3.8) is 0 Å². The van der Waals surface area contributed by atoms with Gasteiger partial charge in [0.2, 0.25) is 11.9 Å². The number of aromatic nitrogens is 8. The van der Waals surface area contributed by atoms with Crippen molar-refractivity contribution in [3.8, 4) is 0 Å². The van der Waals surface area contributed by atoms with Crippen molar-refractivity contribution < 1.29 is 38.2 Å². The molecule has 4 aliphatic heterocycles. The fourth-order valence-electron chi connectivity index (χ4n) is 12.6. The van der Waals surface area contributed by atoms with Gasteiger partial charge in [-0.25, -0.2) is 24.7 Å². The molecule has 83 heavy (non-hydrogen) atoms. The zero-order valence-corrected chi connectivity index (χ0v) is 48.8. The van der Waals surface area contributed by atoms with E-state index in [1.165, 1.54) is 6.20 Å². The van der Waals surface area contributed by atoms with Gasteiger partial charge < -0.3 is 53.6 Å². The average Bonchev–Trinajstić information content (AvgIpc) is 4.47. The van der Waals surface area contributed by atoms with E-state index in [-0.39, 0.29) is 53.9 Å². The van der Waals surface area contributed by atoms with Gasteiger partial charge in [0.25, 0.3) is 23.6 Å². The van der Waals surface area contributed by atoms with Crippen molar-refractivity contribution in [2.24, 2.45) is 11.8 Å². The second-order valence-corrected chi connectivity index (χ2v) is 24.5. The lowest BCUT2D eigenvalue weighted by molar-refractivity contribution is -0.0572. The molecule has 6 fully saturated rings. The van der Waals surface area contributed by atoms with Gasteiger partial charge in [-0.2, -0.15) is 9.97 Å². The third kappa shape index (κ3) is 12.6. The molecule has 6 aromatic heterocycles. The third-order valence-corrected chi connectivity index (χ3v) is 16.7. The summed E-state index contributed by atoms with van der Waals surface area (Å²) in [6.07, 6.45) is 17.6. The van der Waals surface area contributed by atoms with Crippen LogP contribution in [0.25, 0.3) is 22.1 Å². The zero-order chi connectivity index (χ0) is 58.1. The number of pyridine rings is 2. The molecule has 6 aromatic rings. The number of nitrogens with one attached hydrogen (secondary N) is 2. The summed E-state index contributed by atoms with van der Waals surface area (Å²) in [5.74, 6) is 2.55. The summed E-state index contributed by atoms with van der Waals surface area (Å²) in [6.45, 7) is 10.2. The molecule has 0 radical (unpaired) electrons. The Balaban J connectivity index is 0.000000176. The van der Waals surface area contributed by atoms with Crippen LogP contribution in [0.5, 0.6) is 0 Å². The quantitative estimate of drug-likeness (QED) is 0.132. The second-order valence-electron chi connectivity index (χ2n) is 24.5. The number of fused-ring (bicyclic) bond motifs is 6. The van der Waals surface area contributed by atoms with Gasteiger partial charge in [0.1, 0.15) is 39.9 Å². The standard InChI is InChI=1S/C32H42N8O5.C28H35N7O3/c1-32(2,3)45-31(43)39-23-12-13-38(17-24(39)19-44-18-23)28(41)20-10-11-26(33-15-20)35-30-34-16-21-14-25(29(42)37(4)5)40(27(21)36-30)22-8-6-7-9-22;1-33(2)27(37)23-12-21-14-30-28(32-25(21)35(23)22-5-3-4-6-22)31-24-8-7-20(13-29-24)26(36)34-10-9-18-11-19(15-34)17-38-16-18/h10-11,14-16,22-24H,6-9,12-13,17-19H2,1-5H3,(H,33,34,35,36);7-8,12-14,18-19,22H,3-6,9-11,15-17H2,1-2H3,(H,29,30,31,32). The Morgan fingerprint density at radius 3 is 1.54 bits per heavy atom. The molecule has 440 valence electrons. The normalized spacial score (nSPS) is 21.2. The van der Waals surface area contributed by atoms with Crippen LogP contribution >= 0.6 is 0 Å². The second kappa shape index (κ2) is 24.2. The van der Waals surface area contributed by atoms with Crippen LogP contribution in [-0.2, 0) is 14.2 Å². The smallest absolute Gasteiger partial charge is 0.411 e. The SMILES string of the molecule is CN(C)C(=O)c1cc2cnc(Nc3ccc(C(=O)N4CCC5COCC(C4)N5C(=O)OC(C)(C)C)cn3)nc2n1C1CCCC1.CN(C)C(=O)c1cc2cnc(Nc3ccc(C(=O)N4CCC5COCC(C5)C4)cn3)nc2n1C1CCCC1. The molecular formula is C60H77N15O8. The summed E-state index contributed by atoms with van der Waals surface area (Å²) in [5.41, 5.74) is 3.14. The molecule has 4 saturated heterocycles. The van der Waals surface area contributed by atoms with E-state index in [2.05, 4.69) is 39.7 Å². The molecule has 4 unspecified atom stereocenters. The fraction of sp³-hybridized carbons (Fsp3) is 0.550. The molecule has 2 aliphatic carbocycles. The Bertz CT molecular complexity index is 3340. The predicted octanol–water partition coefficient (Wildman–Crippen LogP) is 8.12. The number of carbonyl (C=O) groups is 5. The Morgan fingerprint density at radius 1 is 0.566 bits per heavy atom. The van der Waals surface area contributed by atoms with E-state index in [4.69, 9.17) is 24.2 Å². The molecule has 12 rings (SSSR count). The number of ether oxygens (including phenoxy) is 3.